The molecule has 142 valence electrons. The van der Waals surface area contributed by atoms with E-state index >= 15 is 0 Å². The van der Waals surface area contributed by atoms with Gasteiger partial charge in [0.25, 0.3) is 0 Å². The Bertz CT molecular complexity index is 359. The van der Waals surface area contributed by atoms with Crippen molar-refractivity contribution >= 4 is 12.1 Å². The van der Waals surface area contributed by atoms with E-state index in [-0.39, 0.29) is 10.8 Å². The molecule has 2 N–H and O–H groups in total. The van der Waals surface area contributed by atoms with Crippen LogP contribution in [-0.2, 0) is 9.59 Å². The van der Waals surface area contributed by atoms with Crippen LogP contribution in [0.5, 0.6) is 0 Å². The second kappa shape index (κ2) is 11.8. The highest BCUT2D eigenvalue weighted by Gasteiger charge is 2.20. The van der Waals surface area contributed by atoms with E-state index in [0.717, 1.165) is 44.8 Å². The fourth-order valence-corrected chi connectivity index (χ4v) is 2.92. The van der Waals surface area contributed by atoms with E-state index in [1.165, 1.54) is 0 Å². The van der Waals surface area contributed by atoms with Gasteiger partial charge in [-0.25, -0.2) is 0 Å². The van der Waals surface area contributed by atoms with Gasteiger partial charge in [-0.2, -0.15) is 0 Å². The highest BCUT2D eigenvalue weighted by atomic mass is 16.5. The average molecular weight is 343 g/mol. The average Bonchev–Trinajstić information content (AvgIpc) is 2.49. The molecule has 0 unspecified atom stereocenters. The Hall–Kier alpha value is -0.740. The molecule has 0 fully saturated rings. The molecule has 0 heterocycles. The van der Waals surface area contributed by atoms with E-state index in [2.05, 4.69) is 27.7 Å². The zero-order valence-electron chi connectivity index (χ0n) is 16.1. The number of aldehydes is 1. The van der Waals surface area contributed by atoms with Crippen molar-refractivity contribution in [2.45, 2.75) is 105 Å². The normalized spacial score (nSPS) is 12.6. The zero-order valence-corrected chi connectivity index (χ0v) is 16.1. The molecule has 24 heavy (non-hydrogen) atoms. The third-order valence-electron chi connectivity index (χ3n) is 4.91. The number of aliphatic hydroxyl groups is 2. The maximum absolute atomic E-state index is 12.0. The number of ketones is 1. The molecule has 4 nitrogen and oxygen atoms in total. The fourth-order valence-electron chi connectivity index (χ4n) is 2.92. The van der Waals surface area contributed by atoms with Gasteiger partial charge < -0.3 is 15.0 Å². The Labute approximate surface area is 148 Å². The minimum atomic E-state index is -1.25. The highest BCUT2D eigenvalue weighted by Crippen LogP contribution is 2.30. The molecule has 0 aromatic rings. The lowest BCUT2D eigenvalue weighted by molar-refractivity contribution is -0.119. The number of hydrogen-bond donors (Lipinski definition) is 2. The van der Waals surface area contributed by atoms with E-state index in [4.69, 9.17) is 10.2 Å². The number of Topliss-reactive ketones (excluding diaryl/α,β-unsaturated/α-hetero) is 1. The number of carbonyl (C=O) groups is 2. The van der Waals surface area contributed by atoms with Crippen LogP contribution in [-0.4, -0.2) is 28.6 Å². The summed E-state index contributed by atoms with van der Waals surface area (Å²) in [5.74, 6) is 0.313. The van der Waals surface area contributed by atoms with Crippen LogP contribution in [0.25, 0.3) is 0 Å². The van der Waals surface area contributed by atoms with Crippen molar-refractivity contribution < 1.29 is 19.8 Å². The van der Waals surface area contributed by atoms with Crippen molar-refractivity contribution in [3.63, 3.8) is 0 Å². The Balaban J connectivity index is 3.78. The van der Waals surface area contributed by atoms with Gasteiger partial charge in [0, 0.05) is 19.3 Å². The fraction of sp³-hybridized carbons (Fsp3) is 0.900. The van der Waals surface area contributed by atoms with Crippen molar-refractivity contribution in [2.75, 3.05) is 0 Å². The summed E-state index contributed by atoms with van der Waals surface area (Å²) in [6.07, 6.45) is 8.64. The second-order valence-corrected chi connectivity index (χ2v) is 8.65. The van der Waals surface area contributed by atoms with Gasteiger partial charge in [-0.3, -0.25) is 4.79 Å². The zero-order chi connectivity index (χ0) is 18.6. The van der Waals surface area contributed by atoms with Gasteiger partial charge in [0.2, 0.25) is 0 Å². The van der Waals surface area contributed by atoms with Crippen molar-refractivity contribution in [1.29, 1.82) is 0 Å². The van der Waals surface area contributed by atoms with Crippen LogP contribution < -0.4 is 0 Å². The monoisotopic (exact) mass is 342 g/mol. The van der Waals surface area contributed by atoms with Crippen molar-refractivity contribution in [1.82, 2.24) is 0 Å². The molecule has 0 aliphatic heterocycles. The smallest absolute Gasteiger partial charge is 0.151 e. The summed E-state index contributed by atoms with van der Waals surface area (Å²) in [4.78, 5) is 22.4. The van der Waals surface area contributed by atoms with Crippen molar-refractivity contribution in [3.8, 4) is 0 Å². The van der Waals surface area contributed by atoms with Crippen LogP contribution in [0.1, 0.15) is 98.3 Å². The summed E-state index contributed by atoms with van der Waals surface area (Å²) in [7, 11) is 0. The lowest BCUT2D eigenvalue weighted by atomic mass is 9.81. The quantitative estimate of drug-likeness (QED) is 0.263. The number of carbonyl (C=O) groups excluding carboxylic acids is 2. The molecule has 0 aliphatic carbocycles. The van der Waals surface area contributed by atoms with Crippen LogP contribution >= 0.6 is 0 Å². The molecule has 0 amide bonds. The number of aliphatic hydroxyl groups excluding tert-OH is 1. The van der Waals surface area contributed by atoms with Gasteiger partial charge in [-0.05, 0) is 49.4 Å². The molecule has 0 aliphatic rings. The minimum Gasteiger partial charge on any atom is -0.368 e. The van der Waals surface area contributed by atoms with Crippen LogP contribution in [0, 0.1) is 10.8 Å². The molecule has 0 bridgehead atoms. The lowest BCUT2D eigenvalue weighted by Gasteiger charge is -2.24. The molecule has 0 spiro atoms. The van der Waals surface area contributed by atoms with Gasteiger partial charge in [-0.15, -0.1) is 0 Å². The summed E-state index contributed by atoms with van der Waals surface area (Å²) in [6, 6.07) is 0. The van der Waals surface area contributed by atoms with Crippen LogP contribution in [0.15, 0.2) is 0 Å². The number of unbranched alkanes of at least 4 members (excludes halogenated alkanes) is 2. The van der Waals surface area contributed by atoms with Crippen LogP contribution in [0.4, 0.5) is 0 Å². The number of hydrogen-bond acceptors (Lipinski definition) is 4. The first-order valence-electron chi connectivity index (χ1n) is 9.39. The molecule has 0 rings (SSSR count). The van der Waals surface area contributed by atoms with Gasteiger partial charge in [0.1, 0.15) is 12.1 Å². The summed E-state index contributed by atoms with van der Waals surface area (Å²) in [6.45, 7) is 8.55. The van der Waals surface area contributed by atoms with E-state index in [0.29, 0.717) is 37.9 Å². The summed E-state index contributed by atoms with van der Waals surface area (Å²) >= 11 is 0. The Morgan fingerprint density at radius 2 is 1.50 bits per heavy atom. The molecule has 0 aromatic carbocycles. The molecular formula is C20H38O4. The maximum atomic E-state index is 12.0. The maximum Gasteiger partial charge on any atom is 0.151 e. The highest BCUT2D eigenvalue weighted by molar-refractivity contribution is 5.78. The van der Waals surface area contributed by atoms with Gasteiger partial charge in [0.05, 0.1) is 0 Å². The third kappa shape index (κ3) is 13.7. The van der Waals surface area contributed by atoms with E-state index in [1.54, 1.807) is 0 Å². The minimum absolute atomic E-state index is 0.0258. The van der Waals surface area contributed by atoms with Crippen molar-refractivity contribution in [3.05, 3.63) is 0 Å². The van der Waals surface area contributed by atoms with Gasteiger partial charge in [-0.1, -0.05) is 40.5 Å². The first-order valence-corrected chi connectivity index (χ1v) is 9.39. The first kappa shape index (κ1) is 23.3. The molecule has 0 aromatic heterocycles. The summed E-state index contributed by atoms with van der Waals surface area (Å²) in [5.41, 5.74) is 0.189. The molecule has 0 radical (unpaired) electrons. The molecular weight excluding hydrogens is 304 g/mol. The second-order valence-electron chi connectivity index (χ2n) is 8.65. The largest absolute Gasteiger partial charge is 0.368 e. The SMILES string of the molecule is CC(C)(CCC=O)CCCCCC(=O)CCC(C)(C)CCC(O)O. The molecule has 4 heteroatoms. The topological polar surface area (TPSA) is 74.6 Å². The number of rotatable bonds is 15. The Kier molecular flexibility index (Phi) is 11.4. The third-order valence-corrected chi connectivity index (χ3v) is 4.91. The van der Waals surface area contributed by atoms with E-state index in [9.17, 15) is 9.59 Å². The molecule has 0 atom stereocenters. The molecule has 0 saturated heterocycles. The predicted molar refractivity (Wildman–Crippen MR) is 97.6 cm³/mol. The lowest BCUT2D eigenvalue weighted by Crippen LogP contribution is -2.17. The van der Waals surface area contributed by atoms with E-state index < -0.39 is 6.29 Å². The summed E-state index contributed by atoms with van der Waals surface area (Å²) in [5, 5.41) is 17.9. The van der Waals surface area contributed by atoms with Gasteiger partial charge in [0.15, 0.2) is 6.29 Å². The van der Waals surface area contributed by atoms with Crippen LogP contribution in [0.3, 0.4) is 0 Å². The standard InChI is InChI=1S/C20H38O4/c1-19(2,13-8-16-21)12-7-5-6-9-17(22)10-14-20(3,4)15-11-18(23)24/h16,18,23-24H,5-15H2,1-4H3. The van der Waals surface area contributed by atoms with Crippen LogP contribution in [0.2, 0.25) is 0 Å². The van der Waals surface area contributed by atoms with Gasteiger partial charge >= 0.3 is 0 Å². The Morgan fingerprint density at radius 3 is 2.08 bits per heavy atom. The molecule has 0 saturated carbocycles. The van der Waals surface area contributed by atoms with E-state index in [1.807, 2.05) is 0 Å². The predicted octanol–water partition coefficient (Wildman–Crippen LogP) is 4.41. The Morgan fingerprint density at radius 1 is 0.875 bits per heavy atom. The summed E-state index contributed by atoms with van der Waals surface area (Å²) < 4.78 is 0. The van der Waals surface area contributed by atoms with Crippen molar-refractivity contribution in [2.24, 2.45) is 10.8 Å². The first-order chi connectivity index (χ1) is 11.1.